The predicted molar refractivity (Wildman–Crippen MR) is 72.7 cm³/mol. The number of anilines is 1. The zero-order chi connectivity index (χ0) is 12.3. The Labute approximate surface area is 109 Å². The Morgan fingerprint density at radius 1 is 1.53 bits per heavy atom. The van der Waals surface area contributed by atoms with Gasteiger partial charge in [0.25, 0.3) is 0 Å². The fraction of sp³-hybridized carbons (Fsp3) is 0.500. The lowest BCUT2D eigenvalue weighted by atomic mass is 10.2. The highest BCUT2D eigenvalue weighted by Gasteiger charge is 2.09. The number of nitrogens with one attached hydrogen (secondary N) is 2. The van der Waals surface area contributed by atoms with E-state index in [0.717, 1.165) is 17.8 Å². The molecule has 2 heterocycles. The number of nitrogens with zero attached hydrogens (tertiary/aromatic N) is 3. The topological polar surface area (TPSA) is 66.5 Å². The lowest BCUT2D eigenvalue weighted by Crippen LogP contribution is -2.14. The lowest BCUT2D eigenvalue weighted by molar-refractivity contribution is 0.700. The van der Waals surface area contributed by atoms with Crippen molar-refractivity contribution in [2.75, 3.05) is 23.9 Å². The van der Waals surface area contributed by atoms with E-state index in [9.17, 15) is 0 Å². The van der Waals surface area contributed by atoms with Gasteiger partial charge in [-0.3, -0.25) is 0 Å². The molecule has 7 heteroatoms. The molecule has 0 fully saturated rings. The molecular formula is C10H14ClN5S. The molecule has 1 atom stereocenters. The van der Waals surface area contributed by atoms with E-state index in [0.29, 0.717) is 17.4 Å². The molecule has 2 rings (SSSR count). The number of halogens is 1. The Morgan fingerprint density at radius 2 is 2.35 bits per heavy atom. The molecule has 0 saturated carbocycles. The third-order valence-electron chi connectivity index (χ3n) is 2.33. The Kier molecular flexibility index (Phi) is 4.06. The van der Waals surface area contributed by atoms with Gasteiger partial charge in [0, 0.05) is 6.54 Å². The van der Waals surface area contributed by atoms with Crippen LogP contribution in [0, 0.1) is 5.92 Å². The van der Waals surface area contributed by atoms with Gasteiger partial charge in [-0.05, 0) is 29.5 Å². The largest absolute Gasteiger partial charge is 0.368 e. The monoisotopic (exact) mass is 271 g/mol. The Bertz CT molecular complexity index is 500. The molecule has 92 valence electrons. The molecule has 2 aromatic heterocycles. The van der Waals surface area contributed by atoms with Gasteiger partial charge in [-0.1, -0.05) is 6.92 Å². The van der Waals surface area contributed by atoms with Crippen molar-refractivity contribution in [3.05, 3.63) is 11.6 Å². The molecule has 2 aromatic rings. The smallest absolute Gasteiger partial charge is 0.226 e. The fourth-order valence-corrected chi connectivity index (χ4v) is 2.40. The summed E-state index contributed by atoms with van der Waals surface area (Å²) in [7, 11) is 0. The van der Waals surface area contributed by atoms with E-state index in [4.69, 9.17) is 11.6 Å². The van der Waals surface area contributed by atoms with E-state index in [1.54, 1.807) is 6.33 Å². The van der Waals surface area contributed by atoms with Crippen LogP contribution in [-0.4, -0.2) is 38.5 Å². The van der Waals surface area contributed by atoms with Crippen molar-refractivity contribution in [3.8, 4) is 0 Å². The Morgan fingerprint density at radius 3 is 3.12 bits per heavy atom. The first-order chi connectivity index (χ1) is 8.20. The van der Waals surface area contributed by atoms with E-state index in [-0.39, 0.29) is 5.28 Å². The summed E-state index contributed by atoms with van der Waals surface area (Å²) < 4.78 is 0. The van der Waals surface area contributed by atoms with Crippen LogP contribution in [0.4, 0.5) is 5.82 Å². The van der Waals surface area contributed by atoms with Crippen molar-refractivity contribution in [3.63, 3.8) is 0 Å². The van der Waals surface area contributed by atoms with Gasteiger partial charge in [-0.25, -0.2) is 4.98 Å². The van der Waals surface area contributed by atoms with Gasteiger partial charge in [-0.15, -0.1) is 0 Å². The van der Waals surface area contributed by atoms with Crippen LogP contribution in [0.5, 0.6) is 0 Å². The van der Waals surface area contributed by atoms with Gasteiger partial charge in [0.1, 0.15) is 5.52 Å². The van der Waals surface area contributed by atoms with Crippen LogP contribution in [0.2, 0.25) is 5.28 Å². The number of aromatic nitrogens is 4. The van der Waals surface area contributed by atoms with Crippen molar-refractivity contribution in [1.29, 1.82) is 0 Å². The Hall–Kier alpha value is -1.01. The van der Waals surface area contributed by atoms with Crippen LogP contribution in [0.1, 0.15) is 6.92 Å². The van der Waals surface area contributed by atoms with Gasteiger partial charge in [-0.2, -0.15) is 21.7 Å². The molecule has 0 amide bonds. The second-order valence-electron chi connectivity index (χ2n) is 3.88. The normalized spacial score (nSPS) is 12.9. The molecule has 5 nitrogen and oxygen atoms in total. The maximum atomic E-state index is 5.84. The lowest BCUT2D eigenvalue weighted by Gasteiger charge is -2.11. The first-order valence-corrected chi connectivity index (χ1v) is 7.07. The van der Waals surface area contributed by atoms with Gasteiger partial charge < -0.3 is 10.3 Å². The molecule has 0 aliphatic heterocycles. The second kappa shape index (κ2) is 5.55. The number of hydrogen-bond acceptors (Lipinski definition) is 5. The molecule has 0 spiro atoms. The van der Waals surface area contributed by atoms with Crippen molar-refractivity contribution in [2.45, 2.75) is 6.92 Å². The molecule has 0 aromatic carbocycles. The van der Waals surface area contributed by atoms with E-state index in [2.05, 4.69) is 38.4 Å². The SMILES string of the molecule is CSCC(C)CNc1nc(Cl)nc2nc[nH]c12. The highest BCUT2D eigenvalue weighted by atomic mass is 35.5. The number of hydrogen-bond donors (Lipinski definition) is 2. The maximum absolute atomic E-state index is 5.84. The van der Waals surface area contributed by atoms with Crippen LogP contribution < -0.4 is 5.32 Å². The van der Waals surface area contributed by atoms with Crippen LogP contribution in [-0.2, 0) is 0 Å². The number of fused-ring (bicyclic) bond motifs is 1. The average Bonchev–Trinajstić information content (AvgIpc) is 2.74. The van der Waals surface area contributed by atoms with Crippen LogP contribution in [0.3, 0.4) is 0 Å². The Balaban J connectivity index is 2.14. The van der Waals surface area contributed by atoms with Gasteiger partial charge in [0.05, 0.1) is 6.33 Å². The second-order valence-corrected chi connectivity index (χ2v) is 5.13. The molecule has 0 saturated heterocycles. The highest BCUT2D eigenvalue weighted by Crippen LogP contribution is 2.19. The third kappa shape index (κ3) is 3.01. The minimum atomic E-state index is 0.213. The van der Waals surface area contributed by atoms with E-state index in [1.165, 1.54) is 0 Å². The number of H-pyrrole nitrogens is 1. The molecular weight excluding hydrogens is 258 g/mol. The summed E-state index contributed by atoms with van der Waals surface area (Å²) in [6, 6.07) is 0. The summed E-state index contributed by atoms with van der Waals surface area (Å²) in [6.45, 7) is 3.04. The quantitative estimate of drug-likeness (QED) is 0.818. The van der Waals surface area contributed by atoms with Crippen molar-refractivity contribution < 1.29 is 0 Å². The number of imidazole rings is 1. The summed E-state index contributed by atoms with van der Waals surface area (Å²) >= 11 is 7.67. The first-order valence-electron chi connectivity index (χ1n) is 5.30. The highest BCUT2D eigenvalue weighted by molar-refractivity contribution is 7.98. The zero-order valence-electron chi connectivity index (χ0n) is 9.70. The van der Waals surface area contributed by atoms with Crippen molar-refractivity contribution >= 4 is 40.3 Å². The van der Waals surface area contributed by atoms with E-state index in [1.807, 2.05) is 11.8 Å². The number of aromatic amines is 1. The average molecular weight is 272 g/mol. The molecule has 0 aliphatic carbocycles. The van der Waals surface area contributed by atoms with Crippen molar-refractivity contribution in [2.24, 2.45) is 5.92 Å². The summed E-state index contributed by atoms with van der Waals surface area (Å²) in [5.41, 5.74) is 1.38. The summed E-state index contributed by atoms with van der Waals surface area (Å²) in [4.78, 5) is 15.3. The molecule has 2 N–H and O–H groups in total. The summed E-state index contributed by atoms with van der Waals surface area (Å²) in [5, 5.41) is 3.49. The van der Waals surface area contributed by atoms with E-state index >= 15 is 0 Å². The molecule has 0 bridgehead atoms. The summed E-state index contributed by atoms with van der Waals surface area (Å²) in [6.07, 6.45) is 3.69. The number of thioether (sulfide) groups is 1. The van der Waals surface area contributed by atoms with Gasteiger partial charge >= 0.3 is 0 Å². The minimum absolute atomic E-state index is 0.213. The van der Waals surface area contributed by atoms with E-state index < -0.39 is 0 Å². The zero-order valence-corrected chi connectivity index (χ0v) is 11.3. The van der Waals surface area contributed by atoms with Crippen molar-refractivity contribution in [1.82, 2.24) is 19.9 Å². The molecule has 0 radical (unpaired) electrons. The van der Waals surface area contributed by atoms with Crippen LogP contribution in [0.25, 0.3) is 11.2 Å². The maximum Gasteiger partial charge on any atom is 0.226 e. The van der Waals surface area contributed by atoms with Crippen LogP contribution in [0.15, 0.2) is 6.33 Å². The van der Waals surface area contributed by atoms with Gasteiger partial charge in [0.15, 0.2) is 11.5 Å². The first kappa shape index (κ1) is 12.4. The minimum Gasteiger partial charge on any atom is -0.368 e. The standard InChI is InChI=1S/C10H14ClN5S/c1-6(4-17-2)3-12-8-7-9(14-5-13-7)16-10(11)15-8/h5-6H,3-4H2,1-2H3,(H2,12,13,14,15,16). The predicted octanol–water partition coefficient (Wildman–Crippen LogP) is 2.42. The third-order valence-corrected chi connectivity index (χ3v) is 3.40. The number of rotatable bonds is 5. The fourth-order valence-electron chi connectivity index (χ4n) is 1.55. The van der Waals surface area contributed by atoms with Crippen LogP contribution >= 0.6 is 23.4 Å². The summed E-state index contributed by atoms with van der Waals surface area (Å²) in [5.74, 6) is 2.39. The molecule has 0 aliphatic rings. The molecule has 17 heavy (non-hydrogen) atoms. The van der Waals surface area contributed by atoms with Gasteiger partial charge in [0.2, 0.25) is 5.28 Å². The molecule has 1 unspecified atom stereocenters.